The van der Waals surface area contributed by atoms with Gasteiger partial charge >= 0.3 is 5.97 Å². The van der Waals surface area contributed by atoms with E-state index >= 15 is 0 Å². The van der Waals surface area contributed by atoms with Crippen LogP contribution in [0.4, 0.5) is 0 Å². The first kappa shape index (κ1) is 18.2. The van der Waals surface area contributed by atoms with Gasteiger partial charge in [-0.1, -0.05) is 64.0 Å². The molecule has 2 heteroatoms. The van der Waals surface area contributed by atoms with Crippen LogP contribution in [0.3, 0.4) is 0 Å². The number of carbonyl (C=O) groups is 1. The van der Waals surface area contributed by atoms with Crippen molar-refractivity contribution in [3.05, 3.63) is 12.2 Å². The predicted molar refractivity (Wildman–Crippen MR) is 82.5 cm³/mol. The van der Waals surface area contributed by atoms with E-state index in [9.17, 15) is 4.79 Å². The van der Waals surface area contributed by atoms with Crippen molar-refractivity contribution in [2.75, 3.05) is 0 Å². The molecule has 0 heterocycles. The first-order chi connectivity index (χ1) is 9.16. The van der Waals surface area contributed by atoms with Crippen molar-refractivity contribution in [1.29, 1.82) is 0 Å². The Balaban J connectivity index is 3.16. The number of hydrogen-bond acceptors (Lipinski definition) is 1. The summed E-state index contributed by atoms with van der Waals surface area (Å²) >= 11 is 0. The lowest BCUT2D eigenvalue weighted by Gasteiger charge is -2.05. The molecule has 0 aliphatic rings. The van der Waals surface area contributed by atoms with Crippen molar-refractivity contribution in [3.63, 3.8) is 0 Å². The Morgan fingerprint density at radius 3 is 1.68 bits per heavy atom. The Hall–Kier alpha value is -0.790. The van der Waals surface area contributed by atoms with E-state index in [1.165, 1.54) is 69.8 Å². The first-order valence-electron chi connectivity index (χ1n) is 8.05. The average Bonchev–Trinajstić information content (AvgIpc) is 2.37. The van der Waals surface area contributed by atoms with Crippen LogP contribution in [-0.4, -0.2) is 11.1 Å². The monoisotopic (exact) mass is 268 g/mol. The average molecular weight is 268 g/mol. The number of unbranched alkanes of at least 4 members (excludes halogenated alkanes) is 8. The van der Waals surface area contributed by atoms with Crippen LogP contribution in [0.5, 0.6) is 0 Å². The minimum absolute atomic E-state index is 0.328. The van der Waals surface area contributed by atoms with Crippen molar-refractivity contribution >= 4 is 5.97 Å². The third-order valence-electron chi connectivity index (χ3n) is 3.55. The molecule has 0 amide bonds. The Morgan fingerprint density at radius 2 is 1.21 bits per heavy atom. The van der Waals surface area contributed by atoms with Crippen molar-refractivity contribution in [3.8, 4) is 0 Å². The topological polar surface area (TPSA) is 37.3 Å². The fraction of sp³-hybridized carbons (Fsp3) is 0.824. The zero-order chi connectivity index (χ0) is 14.3. The van der Waals surface area contributed by atoms with Gasteiger partial charge in [0, 0.05) is 6.42 Å². The van der Waals surface area contributed by atoms with Gasteiger partial charge in [-0.2, -0.15) is 0 Å². The van der Waals surface area contributed by atoms with Gasteiger partial charge in [-0.25, -0.2) is 0 Å². The molecule has 0 aromatic heterocycles. The molecule has 0 radical (unpaired) electrons. The van der Waals surface area contributed by atoms with E-state index in [0.717, 1.165) is 12.8 Å². The van der Waals surface area contributed by atoms with Gasteiger partial charge in [-0.15, -0.1) is 0 Å². The molecule has 0 bridgehead atoms. The highest BCUT2D eigenvalue weighted by Crippen LogP contribution is 2.16. The van der Waals surface area contributed by atoms with Gasteiger partial charge in [0.05, 0.1) is 0 Å². The van der Waals surface area contributed by atoms with E-state index in [1.54, 1.807) is 0 Å². The number of carboxylic acids is 1. The molecule has 1 N–H and O–H groups in total. The fourth-order valence-corrected chi connectivity index (χ4v) is 2.29. The van der Waals surface area contributed by atoms with Gasteiger partial charge in [0.25, 0.3) is 0 Å². The molecule has 112 valence electrons. The molecule has 0 aliphatic carbocycles. The van der Waals surface area contributed by atoms with Crippen LogP contribution in [0.25, 0.3) is 0 Å². The highest BCUT2D eigenvalue weighted by atomic mass is 16.4. The van der Waals surface area contributed by atoms with Gasteiger partial charge in [-0.3, -0.25) is 4.79 Å². The molecule has 0 saturated heterocycles. The lowest BCUT2D eigenvalue weighted by atomic mass is 10.0. The molecule has 0 rings (SSSR count). The Bertz CT molecular complexity index is 233. The van der Waals surface area contributed by atoms with E-state index in [4.69, 9.17) is 5.11 Å². The minimum Gasteiger partial charge on any atom is -0.481 e. The van der Waals surface area contributed by atoms with Crippen LogP contribution in [0.15, 0.2) is 12.2 Å². The summed E-state index contributed by atoms with van der Waals surface area (Å²) in [7, 11) is 0. The van der Waals surface area contributed by atoms with Crippen molar-refractivity contribution < 1.29 is 9.90 Å². The number of rotatable bonds is 14. The second kappa shape index (κ2) is 13.6. The zero-order valence-corrected chi connectivity index (χ0v) is 12.8. The number of carboxylic acid groups (broad SMARTS) is 1. The summed E-state index contributed by atoms with van der Waals surface area (Å²) in [4.78, 5) is 10.3. The molecule has 0 aliphatic heterocycles. The van der Waals surface area contributed by atoms with Crippen molar-refractivity contribution in [2.45, 2.75) is 90.4 Å². The molecule has 0 aromatic rings. The molecule has 0 atom stereocenters. The Labute approximate surface area is 119 Å². The third kappa shape index (κ3) is 15.2. The highest BCUT2D eigenvalue weighted by Gasteiger charge is 1.98. The van der Waals surface area contributed by atoms with E-state index in [1.807, 2.05) is 0 Å². The summed E-state index contributed by atoms with van der Waals surface area (Å²) in [5.41, 5.74) is 1.42. The first-order valence-corrected chi connectivity index (χ1v) is 8.05. The second-order valence-electron chi connectivity index (χ2n) is 5.58. The van der Waals surface area contributed by atoms with E-state index < -0.39 is 5.97 Å². The van der Waals surface area contributed by atoms with Gasteiger partial charge in [0.15, 0.2) is 0 Å². The highest BCUT2D eigenvalue weighted by molar-refractivity contribution is 5.66. The smallest absolute Gasteiger partial charge is 0.303 e. The van der Waals surface area contributed by atoms with Gasteiger partial charge < -0.3 is 5.11 Å². The summed E-state index contributed by atoms with van der Waals surface area (Å²) < 4.78 is 0. The summed E-state index contributed by atoms with van der Waals surface area (Å²) in [6.45, 7) is 6.40. The van der Waals surface area contributed by atoms with Gasteiger partial charge in [0.1, 0.15) is 0 Å². The summed E-state index contributed by atoms with van der Waals surface area (Å²) in [5, 5.41) is 8.51. The second-order valence-corrected chi connectivity index (χ2v) is 5.58. The summed E-state index contributed by atoms with van der Waals surface area (Å²) in [6, 6.07) is 0. The number of allylic oxidation sites excluding steroid dienone is 1. The van der Waals surface area contributed by atoms with Gasteiger partial charge in [0.2, 0.25) is 0 Å². The molecule has 0 spiro atoms. The van der Waals surface area contributed by atoms with E-state index in [-0.39, 0.29) is 0 Å². The van der Waals surface area contributed by atoms with E-state index in [2.05, 4.69) is 13.5 Å². The van der Waals surface area contributed by atoms with Crippen LogP contribution < -0.4 is 0 Å². The molecule has 0 fully saturated rings. The van der Waals surface area contributed by atoms with Crippen molar-refractivity contribution in [2.24, 2.45) is 0 Å². The lowest BCUT2D eigenvalue weighted by Crippen LogP contribution is -1.93. The Kier molecular flexibility index (Phi) is 13.1. The van der Waals surface area contributed by atoms with Crippen LogP contribution in [-0.2, 0) is 4.79 Å². The molecule has 0 unspecified atom stereocenters. The van der Waals surface area contributed by atoms with Crippen molar-refractivity contribution in [1.82, 2.24) is 0 Å². The SMILES string of the molecule is C=C(CCCCCC)CCCCCCCCC(=O)O. The molecule has 2 nitrogen and oxygen atoms in total. The minimum atomic E-state index is -0.667. The van der Waals surface area contributed by atoms with Crippen LogP contribution in [0, 0.1) is 0 Å². The fourth-order valence-electron chi connectivity index (χ4n) is 2.29. The zero-order valence-electron chi connectivity index (χ0n) is 12.8. The number of hydrogen-bond donors (Lipinski definition) is 1. The Morgan fingerprint density at radius 1 is 0.789 bits per heavy atom. The molecule has 0 aromatic carbocycles. The predicted octanol–water partition coefficient (Wildman–Crippen LogP) is 5.72. The molecular weight excluding hydrogens is 236 g/mol. The van der Waals surface area contributed by atoms with Gasteiger partial charge in [-0.05, 0) is 32.1 Å². The quantitative estimate of drug-likeness (QED) is 0.323. The largest absolute Gasteiger partial charge is 0.481 e. The molecular formula is C17H32O2. The normalized spacial score (nSPS) is 10.6. The van der Waals surface area contributed by atoms with Crippen LogP contribution in [0.2, 0.25) is 0 Å². The summed E-state index contributed by atoms with van der Waals surface area (Å²) in [6.07, 6.45) is 14.8. The lowest BCUT2D eigenvalue weighted by molar-refractivity contribution is -0.137. The molecule has 0 saturated carbocycles. The maximum atomic E-state index is 10.3. The summed E-state index contributed by atoms with van der Waals surface area (Å²) in [5.74, 6) is -0.667. The van der Waals surface area contributed by atoms with Crippen LogP contribution in [0.1, 0.15) is 90.4 Å². The number of aliphatic carboxylic acids is 1. The third-order valence-corrected chi connectivity index (χ3v) is 3.55. The maximum absolute atomic E-state index is 10.3. The van der Waals surface area contributed by atoms with E-state index in [0.29, 0.717) is 6.42 Å². The molecule has 19 heavy (non-hydrogen) atoms. The standard InChI is InChI=1S/C17H32O2/c1-3-4-5-10-13-16(2)14-11-8-6-7-9-12-15-17(18)19/h2-15H2,1H3,(H,18,19). The maximum Gasteiger partial charge on any atom is 0.303 e. The van der Waals surface area contributed by atoms with Crippen LogP contribution >= 0.6 is 0 Å².